The highest BCUT2D eigenvalue weighted by Crippen LogP contribution is 2.19. The van der Waals surface area contributed by atoms with Crippen LogP contribution in [0.25, 0.3) is 0 Å². The lowest BCUT2D eigenvalue weighted by Gasteiger charge is -2.13. The number of hydrogen-bond acceptors (Lipinski definition) is 2. The number of nitrogens with one attached hydrogen (secondary N) is 1. The van der Waals surface area contributed by atoms with Gasteiger partial charge in [-0.15, -0.1) is 0 Å². The highest BCUT2D eigenvalue weighted by Gasteiger charge is 2.12. The van der Waals surface area contributed by atoms with E-state index >= 15 is 0 Å². The van der Waals surface area contributed by atoms with Crippen molar-refractivity contribution in [2.75, 3.05) is 0 Å². The number of hydrogen-bond donors (Lipinski definition) is 1. The normalized spacial score (nSPS) is 11.6. The summed E-state index contributed by atoms with van der Waals surface area (Å²) in [6.45, 7) is 1.93. The van der Waals surface area contributed by atoms with Crippen molar-refractivity contribution < 1.29 is 4.79 Å². The van der Waals surface area contributed by atoms with E-state index in [1.165, 1.54) is 0 Å². The zero-order valence-electron chi connectivity index (χ0n) is 9.34. The number of halogens is 2. The predicted molar refractivity (Wildman–Crippen MR) is 75.9 cm³/mol. The maximum atomic E-state index is 11.9. The topological polar surface area (TPSA) is 52.9 Å². The van der Waals surface area contributed by atoms with Gasteiger partial charge in [-0.25, -0.2) is 0 Å². The molecule has 0 aromatic heterocycles. The Labute approximate surface area is 119 Å². The van der Waals surface area contributed by atoms with Crippen LogP contribution < -0.4 is 5.32 Å². The number of carbonyl (C=O) groups is 1. The highest BCUT2D eigenvalue weighted by molar-refractivity contribution is 14.1. The van der Waals surface area contributed by atoms with Crippen LogP contribution >= 0.6 is 34.2 Å². The Morgan fingerprint density at radius 1 is 1.65 bits per heavy atom. The van der Waals surface area contributed by atoms with E-state index in [2.05, 4.69) is 34.0 Å². The average molecular weight is 363 g/mol. The number of nitrogens with zero attached hydrogens (tertiary/aromatic N) is 1. The first kappa shape index (κ1) is 14.3. The van der Waals surface area contributed by atoms with Gasteiger partial charge in [0.05, 0.1) is 17.5 Å². The molecule has 1 aromatic carbocycles. The van der Waals surface area contributed by atoms with Crippen molar-refractivity contribution in [2.45, 2.75) is 25.8 Å². The Bertz CT molecular complexity index is 456. The number of amides is 1. The van der Waals surface area contributed by atoms with Crippen LogP contribution in [0.2, 0.25) is 5.02 Å². The molecule has 17 heavy (non-hydrogen) atoms. The first-order valence-corrected chi connectivity index (χ1v) is 6.67. The highest BCUT2D eigenvalue weighted by atomic mass is 127. The molecule has 5 heteroatoms. The summed E-state index contributed by atoms with van der Waals surface area (Å²) in [7, 11) is 0. The smallest absolute Gasteiger partial charge is 0.251 e. The monoisotopic (exact) mass is 362 g/mol. The van der Waals surface area contributed by atoms with E-state index in [1.54, 1.807) is 18.2 Å². The van der Waals surface area contributed by atoms with Crippen LogP contribution in [-0.4, -0.2) is 11.9 Å². The van der Waals surface area contributed by atoms with Crippen LogP contribution in [0.5, 0.6) is 0 Å². The minimum atomic E-state index is -0.189. The van der Waals surface area contributed by atoms with E-state index in [-0.39, 0.29) is 11.9 Å². The molecule has 0 saturated heterocycles. The molecule has 0 heterocycles. The Morgan fingerprint density at radius 3 is 2.88 bits per heavy atom. The fourth-order valence-electron chi connectivity index (χ4n) is 1.31. The Kier molecular flexibility index (Phi) is 5.72. The van der Waals surface area contributed by atoms with Gasteiger partial charge in [-0.1, -0.05) is 18.5 Å². The van der Waals surface area contributed by atoms with Crippen LogP contribution in [0.4, 0.5) is 0 Å². The van der Waals surface area contributed by atoms with Gasteiger partial charge in [-0.3, -0.25) is 4.79 Å². The van der Waals surface area contributed by atoms with Gasteiger partial charge in [-0.05, 0) is 47.2 Å². The van der Waals surface area contributed by atoms with E-state index < -0.39 is 0 Å². The molecule has 0 saturated carbocycles. The molecule has 0 bridgehead atoms. The van der Waals surface area contributed by atoms with Crippen molar-refractivity contribution in [2.24, 2.45) is 0 Å². The fourth-order valence-corrected chi connectivity index (χ4v) is 1.83. The minimum absolute atomic E-state index is 0.106. The third-order valence-electron chi connectivity index (χ3n) is 2.35. The summed E-state index contributed by atoms with van der Waals surface area (Å²) < 4.78 is 0.907. The molecule has 0 aliphatic carbocycles. The van der Waals surface area contributed by atoms with E-state index in [1.807, 2.05) is 6.92 Å². The number of rotatable bonds is 4. The van der Waals surface area contributed by atoms with Gasteiger partial charge in [0, 0.05) is 15.2 Å². The second kappa shape index (κ2) is 6.82. The molecule has 1 unspecified atom stereocenters. The number of benzene rings is 1. The van der Waals surface area contributed by atoms with E-state index in [0.717, 1.165) is 9.99 Å². The van der Waals surface area contributed by atoms with Crippen molar-refractivity contribution in [3.8, 4) is 6.07 Å². The van der Waals surface area contributed by atoms with Crippen LogP contribution in [-0.2, 0) is 0 Å². The van der Waals surface area contributed by atoms with Crippen molar-refractivity contribution in [1.82, 2.24) is 5.32 Å². The molecule has 0 radical (unpaired) electrons. The molecule has 1 rings (SSSR count). The first-order valence-electron chi connectivity index (χ1n) is 5.21. The van der Waals surface area contributed by atoms with E-state index in [4.69, 9.17) is 16.9 Å². The molecule has 1 amide bonds. The van der Waals surface area contributed by atoms with Gasteiger partial charge in [0.25, 0.3) is 5.91 Å². The fraction of sp³-hybridized carbons (Fsp3) is 0.333. The Balaban J connectivity index is 2.76. The predicted octanol–water partition coefficient (Wildman–Crippen LogP) is 3.37. The lowest BCUT2D eigenvalue weighted by Crippen LogP contribution is -2.34. The molecule has 1 aromatic rings. The quantitative estimate of drug-likeness (QED) is 0.835. The van der Waals surface area contributed by atoms with E-state index in [0.29, 0.717) is 17.0 Å². The molecule has 90 valence electrons. The molecular weight excluding hydrogens is 351 g/mol. The zero-order chi connectivity index (χ0) is 12.8. The lowest BCUT2D eigenvalue weighted by molar-refractivity contribution is 0.0936. The van der Waals surface area contributed by atoms with Gasteiger partial charge < -0.3 is 5.32 Å². The third kappa shape index (κ3) is 4.17. The van der Waals surface area contributed by atoms with Gasteiger partial charge in [0.2, 0.25) is 0 Å². The van der Waals surface area contributed by atoms with Crippen molar-refractivity contribution in [3.63, 3.8) is 0 Å². The summed E-state index contributed by atoms with van der Waals surface area (Å²) in [4.78, 5) is 11.9. The first-order chi connectivity index (χ1) is 8.08. The average Bonchev–Trinajstić information content (AvgIpc) is 2.31. The van der Waals surface area contributed by atoms with Gasteiger partial charge in [0.15, 0.2) is 0 Å². The second-order valence-electron chi connectivity index (χ2n) is 3.57. The largest absolute Gasteiger partial charge is 0.348 e. The summed E-state index contributed by atoms with van der Waals surface area (Å²) in [5, 5.41) is 12.0. The molecule has 3 nitrogen and oxygen atoms in total. The third-order valence-corrected chi connectivity index (χ3v) is 3.92. The van der Waals surface area contributed by atoms with Crippen LogP contribution in [0.1, 0.15) is 30.1 Å². The summed E-state index contributed by atoms with van der Waals surface area (Å²) in [5.74, 6) is -0.189. The summed E-state index contributed by atoms with van der Waals surface area (Å²) in [6.07, 6.45) is 1.05. The summed E-state index contributed by atoms with van der Waals surface area (Å²) >= 11 is 8.05. The van der Waals surface area contributed by atoms with Gasteiger partial charge in [-0.2, -0.15) is 5.26 Å². The molecular formula is C12H12ClIN2O. The van der Waals surface area contributed by atoms with Crippen LogP contribution in [0.15, 0.2) is 18.2 Å². The second-order valence-corrected chi connectivity index (χ2v) is 5.14. The Hall–Kier alpha value is -0.800. The van der Waals surface area contributed by atoms with Crippen LogP contribution in [0.3, 0.4) is 0 Å². The number of carbonyl (C=O) groups excluding carboxylic acids is 1. The molecule has 0 spiro atoms. The molecule has 1 atom stereocenters. The van der Waals surface area contributed by atoms with Crippen molar-refractivity contribution in [3.05, 3.63) is 32.4 Å². The molecule has 0 fully saturated rings. The molecule has 0 aliphatic rings. The summed E-state index contributed by atoms with van der Waals surface area (Å²) in [5.41, 5.74) is 0.520. The maximum absolute atomic E-state index is 11.9. The van der Waals surface area contributed by atoms with Crippen molar-refractivity contribution in [1.29, 1.82) is 5.26 Å². The zero-order valence-corrected chi connectivity index (χ0v) is 12.2. The summed E-state index contributed by atoms with van der Waals surface area (Å²) in [6, 6.07) is 7.10. The molecule has 0 aliphatic heterocycles. The van der Waals surface area contributed by atoms with Gasteiger partial charge in [0.1, 0.15) is 0 Å². The van der Waals surface area contributed by atoms with Crippen LogP contribution in [0, 0.1) is 14.9 Å². The standard InChI is InChI=1S/C12H12ClIN2O/c1-2-9(5-6-15)16-12(17)8-3-4-11(14)10(13)7-8/h3-4,7,9H,2,5H2,1H3,(H,16,17). The van der Waals surface area contributed by atoms with Crippen molar-refractivity contribution >= 4 is 40.1 Å². The lowest BCUT2D eigenvalue weighted by atomic mass is 10.1. The minimum Gasteiger partial charge on any atom is -0.348 e. The maximum Gasteiger partial charge on any atom is 0.251 e. The Morgan fingerprint density at radius 2 is 2.35 bits per heavy atom. The number of nitriles is 1. The molecule has 1 N–H and O–H groups in total. The van der Waals surface area contributed by atoms with E-state index in [9.17, 15) is 4.79 Å². The SMILES string of the molecule is CCC(CC#N)NC(=O)c1ccc(I)c(Cl)c1. The van der Waals surface area contributed by atoms with Gasteiger partial charge >= 0.3 is 0 Å².